The van der Waals surface area contributed by atoms with Crippen molar-refractivity contribution in [3.8, 4) is 11.5 Å². The van der Waals surface area contributed by atoms with Gasteiger partial charge in [0, 0.05) is 0 Å². The number of ether oxygens (including phenoxy) is 3. The quantitative estimate of drug-likeness (QED) is 0.262. The van der Waals surface area contributed by atoms with Crippen LogP contribution < -0.4 is 20.2 Å². The Labute approximate surface area is 215 Å². The number of halogens is 1. The molecule has 0 saturated carbocycles. The van der Waals surface area contributed by atoms with Gasteiger partial charge in [-0.3, -0.25) is 4.79 Å². The molecule has 0 bridgehead atoms. The van der Waals surface area contributed by atoms with Crippen LogP contribution in [0.4, 0.5) is 9.18 Å². The summed E-state index contributed by atoms with van der Waals surface area (Å²) < 4.78 is 29.9. The Kier molecular flexibility index (Phi) is 10.5. The van der Waals surface area contributed by atoms with Gasteiger partial charge in [-0.1, -0.05) is 42.5 Å². The van der Waals surface area contributed by atoms with Gasteiger partial charge in [0.1, 0.15) is 12.4 Å². The molecule has 37 heavy (non-hydrogen) atoms. The standard InChI is InChI=1S/C28H30FN3O5/c1-3-35-26-16-20(13-14-25(26)37-19-21-9-8-12-23(29)15-21)18-30-32-27(33)17-24(31-28(34)36-4-2)22-10-6-5-7-11-22/h5-16,18,24H,3-4,17,19H2,1-2H3,(H,31,34)(H,32,33)/b30-18-/t24-/m1/s1. The average Bonchev–Trinajstić information content (AvgIpc) is 2.89. The fourth-order valence-corrected chi connectivity index (χ4v) is 3.44. The third-order valence-corrected chi connectivity index (χ3v) is 5.11. The van der Waals surface area contributed by atoms with Gasteiger partial charge in [0.15, 0.2) is 11.5 Å². The number of nitrogens with zero attached hydrogens (tertiary/aromatic N) is 1. The second kappa shape index (κ2) is 14.2. The predicted molar refractivity (Wildman–Crippen MR) is 138 cm³/mol. The van der Waals surface area contributed by atoms with Crippen LogP contribution in [0.1, 0.15) is 43.0 Å². The van der Waals surface area contributed by atoms with Crippen LogP contribution in [0, 0.1) is 5.82 Å². The summed E-state index contributed by atoms with van der Waals surface area (Å²) in [5, 5.41) is 6.73. The molecule has 0 heterocycles. The van der Waals surface area contributed by atoms with Gasteiger partial charge in [-0.2, -0.15) is 5.10 Å². The number of hydrogen-bond donors (Lipinski definition) is 2. The van der Waals surface area contributed by atoms with Gasteiger partial charge in [0.05, 0.1) is 31.9 Å². The number of carbonyl (C=O) groups is 2. The summed E-state index contributed by atoms with van der Waals surface area (Å²) in [4.78, 5) is 24.5. The topological polar surface area (TPSA) is 98.2 Å². The lowest BCUT2D eigenvalue weighted by molar-refractivity contribution is -0.121. The summed E-state index contributed by atoms with van der Waals surface area (Å²) in [6.45, 7) is 4.39. The van der Waals surface area contributed by atoms with Crippen molar-refractivity contribution in [1.82, 2.24) is 10.7 Å². The van der Waals surface area contributed by atoms with Crippen molar-refractivity contribution in [3.05, 3.63) is 95.3 Å². The molecular formula is C28H30FN3O5. The van der Waals surface area contributed by atoms with E-state index in [9.17, 15) is 14.0 Å². The molecule has 0 aromatic heterocycles. The van der Waals surface area contributed by atoms with Gasteiger partial charge in [0.25, 0.3) is 0 Å². The molecule has 194 valence electrons. The van der Waals surface area contributed by atoms with Crippen LogP contribution >= 0.6 is 0 Å². The number of hydrazone groups is 1. The van der Waals surface area contributed by atoms with Crippen LogP contribution in [0.2, 0.25) is 0 Å². The minimum atomic E-state index is -0.601. The maximum Gasteiger partial charge on any atom is 0.407 e. The van der Waals surface area contributed by atoms with Crippen LogP contribution in [0.3, 0.4) is 0 Å². The molecule has 3 aromatic rings. The molecule has 0 saturated heterocycles. The Bertz CT molecular complexity index is 1200. The van der Waals surface area contributed by atoms with Crippen molar-refractivity contribution in [3.63, 3.8) is 0 Å². The second-order valence-corrected chi connectivity index (χ2v) is 7.88. The summed E-state index contributed by atoms with van der Waals surface area (Å²) in [6, 6.07) is 20.0. The monoisotopic (exact) mass is 507 g/mol. The van der Waals surface area contributed by atoms with E-state index in [0.29, 0.717) is 29.2 Å². The molecule has 0 aliphatic rings. The first-order valence-electron chi connectivity index (χ1n) is 11.9. The molecule has 0 radical (unpaired) electrons. The van der Waals surface area contributed by atoms with Gasteiger partial charge < -0.3 is 19.5 Å². The lowest BCUT2D eigenvalue weighted by atomic mass is 10.0. The molecular weight excluding hydrogens is 477 g/mol. The van der Waals surface area contributed by atoms with Crippen LogP contribution in [0.25, 0.3) is 0 Å². The van der Waals surface area contributed by atoms with Gasteiger partial charge >= 0.3 is 6.09 Å². The van der Waals surface area contributed by atoms with Gasteiger partial charge in [-0.05, 0) is 60.9 Å². The summed E-state index contributed by atoms with van der Waals surface area (Å²) >= 11 is 0. The number of alkyl carbamates (subject to hydrolysis) is 1. The third-order valence-electron chi connectivity index (χ3n) is 5.11. The zero-order chi connectivity index (χ0) is 26.5. The highest BCUT2D eigenvalue weighted by Crippen LogP contribution is 2.29. The highest BCUT2D eigenvalue weighted by atomic mass is 19.1. The van der Waals surface area contributed by atoms with E-state index in [1.54, 1.807) is 37.3 Å². The first kappa shape index (κ1) is 27.2. The lowest BCUT2D eigenvalue weighted by Crippen LogP contribution is -2.33. The number of rotatable bonds is 12. The Morgan fingerprint density at radius 2 is 1.76 bits per heavy atom. The van der Waals surface area contributed by atoms with Crippen LogP contribution in [0.5, 0.6) is 11.5 Å². The van der Waals surface area contributed by atoms with E-state index in [0.717, 1.165) is 5.56 Å². The van der Waals surface area contributed by atoms with Crippen molar-refractivity contribution in [1.29, 1.82) is 0 Å². The lowest BCUT2D eigenvalue weighted by Gasteiger charge is -2.18. The summed E-state index contributed by atoms with van der Waals surface area (Å²) in [6.07, 6.45) is 0.848. The zero-order valence-electron chi connectivity index (χ0n) is 20.8. The highest BCUT2D eigenvalue weighted by molar-refractivity contribution is 5.83. The van der Waals surface area contributed by atoms with Crippen molar-refractivity contribution < 1.29 is 28.2 Å². The summed E-state index contributed by atoms with van der Waals surface area (Å²) in [5.41, 5.74) is 4.62. The van der Waals surface area contributed by atoms with Crippen LogP contribution in [0.15, 0.2) is 77.9 Å². The minimum absolute atomic E-state index is 0.0305. The molecule has 0 fully saturated rings. The maximum absolute atomic E-state index is 13.4. The average molecular weight is 508 g/mol. The molecule has 0 aliphatic heterocycles. The molecule has 3 aromatic carbocycles. The third kappa shape index (κ3) is 8.96. The zero-order valence-corrected chi connectivity index (χ0v) is 20.8. The Balaban J connectivity index is 1.61. The molecule has 1 atom stereocenters. The van der Waals surface area contributed by atoms with Gasteiger partial charge in [0.2, 0.25) is 5.91 Å². The molecule has 9 heteroatoms. The Morgan fingerprint density at radius 3 is 2.49 bits per heavy atom. The van der Waals surface area contributed by atoms with E-state index < -0.39 is 12.1 Å². The number of nitrogens with one attached hydrogen (secondary N) is 2. The Morgan fingerprint density at radius 1 is 0.946 bits per heavy atom. The molecule has 3 rings (SSSR count). The summed E-state index contributed by atoms with van der Waals surface area (Å²) in [7, 11) is 0. The van der Waals surface area contributed by atoms with Gasteiger partial charge in [-0.15, -0.1) is 0 Å². The van der Waals surface area contributed by atoms with Gasteiger partial charge in [-0.25, -0.2) is 14.6 Å². The van der Waals surface area contributed by atoms with E-state index in [1.165, 1.54) is 18.3 Å². The van der Waals surface area contributed by atoms with Crippen LogP contribution in [-0.2, 0) is 16.1 Å². The number of amides is 2. The largest absolute Gasteiger partial charge is 0.490 e. The van der Waals surface area contributed by atoms with E-state index >= 15 is 0 Å². The summed E-state index contributed by atoms with van der Waals surface area (Å²) in [5.74, 6) is 0.286. The molecule has 2 N–H and O–H groups in total. The first-order valence-corrected chi connectivity index (χ1v) is 11.9. The molecule has 8 nitrogen and oxygen atoms in total. The molecule has 0 unspecified atom stereocenters. The molecule has 0 aliphatic carbocycles. The molecule has 2 amide bonds. The number of hydrogen-bond acceptors (Lipinski definition) is 6. The first-order chi connectivity index (χ1) is 18.0. The SMILES string of the molecule is CCOC(=O)N[C@H](CC(=O)N/N=C\c1ccc(OCc2cccc(F)c2)c(OCC)c1)c1ccccc1. The van der Waals surface area contributed by atoms with E-state index in [1.807, 2.05) is 37.3 Å². The van der Waals surface area contributed by atoms with Crippen molar-refractivity contribution in [2.24, 2.45) is 5.10 Å². The maximum atomic E-state index is 13.4. The smallest absolute Gasteiger partial charge is 0.407 e. The van der Waals surface area contributed by atoms with Crippen molar-refractivity contribution in [2.45, 2.75) is 32.9 Å². The predicted octanol–water partition coefficient (Wildman–Crippen LogP) is 5.13. The van der Waals surface area contributed by atoms with Crippen molar-refractivity contribution >= 4 is 18.2 Å². The van der Waals surface area contributed by atoms with E-state index in [4.69, 9.17) is 14.2 Å². The minimum Gasteiger partial charge on any atom is -0.490 e. The number of benzene rings is 3. The van der Waals surface area contributed by atoms with Crippen molar-refractivity contribution in [2.75, 3.05) is 13.2 Å². The fraction of sp³-hybridized carbons (Fsp3) is 0.250. The normalized spacial score (nSPS) is 11.5. The Hall–Kier alpha value is -4.40. The fourth-order valence-electron chi connectivity index (χ4n) is 3.44. The highest BCUT2D eigenvalue weighted by Gasteiger charge is 2.18. The molecule has 0 spiro atoms. The number of carbonyl (C=O) groups excluding carboxylic acids is 2. The van der Waals surface area contributed by atoms with E-state index in [-0.39, 0.29) is 31.4 Å². The van der Waals surface area contributed by atoms with Crippen LogP contribution in [-0.4, -0.2) is 31.4 Å². The second-order valence-electron chi connectivity index (χ2n) is 7.88. The van der Waals surface area contributed by atoms with E-state index in [2.05, 4.69) is 15.8 Å².